The average Bonchev–Trinajstić information content (AvgIpc) is 3.10. The molecule has 0 aliphatic rings. The standard InChI is InChI=1S/C19H25N3O4S/c1-12-10-14(11-17(24)26-9-8-20-13(2)23)21(3)18(12)19(25)15-6-7-16(27-5)22(15)4/h6-7,10H,8-9,11H2,1-5H3,(H,20,23). The maximum absolute atomic E-state index is 13.0. The molecule has 2 heterocycles. The fourth-order valence-corrected chi connectivity index (χ4v) is 3.54. The van der Waals surface area contributed by atoms with Crippen molar-refractivity contribution in [2.75, 3.05) is 19.4 Å². The van der Waals surface area contributed by atoms with Crippen LogP contribution in [0.2, 0.25) is 0 Å². The first-order chi connectivity index (χ1) is 12.8. The van der Waals surface area contributed by atoms with Crippen LogP contribution in [0.5, 0.6) is 0 Å². The number of carbonyl (C=O) groups is 3. The molecule has 0 saturated heterocycles. The van der Waals surface area contributed by atoms with E-state index < -0.39 is 5.97 Å². The molecule has 0 atom stereocenters. The third kappa shape index (κ3) is 4.82. The van der Waals surface area contributed by atoms with Gasteiger partial charge in [0.15, 0.2) is 0 Å². The van der Waals surface area contributed by atoms with E-state index >= 15 is 0 Å². The molecule has 0 spiro atoms. The van der Waals surface area contributed by atoms with E-state index in [1.54, 1.807) is 23.4 Å². The summed E-state index contributed by atoms with van der Waals surface area (Å²) in [6, 6.07) is 5.57. The molecule has 0 aromatic carbocycles. The number of ketones is 1. The van der Waals surface area contributed by atoms with Crippen LogP contribution < -0.4 is 5.32 Å². The highest BCUT2D eigenvalue weighted by molar-refractivity contribution is 7.98. The molecule has 0 fully saturated rings. The minimum absolute atomic E-state index is 0.0634. The number of carbonyl (C=O) groups excluding carboxylic acids is 3. The smallest absolute Gasteiger partial charge is 0.311 e. The zero-order chi connectivity index (χ0) is 20.1. The molecule has 0 bridgehead atoms. The fourth-order valence-electron chi connectivity index (χ4n) is 2.96. The van der Waals surface area contributed by atoms with E-state index in [0.717, 1.165) is 10.6 Å². The van der Waals surface area contributed by atoms with Crippen LogP contribution in [-0.4, -0.2) is 46.2 Å². The highest BCUT2D eigenvalue weighted by atomic mass is 32.2. The van der Waals surface area contributed by atoms with Crippen molar-refractivity contribution in [1.82, 2.24) is 14.5 Å². The number of amides is 1. The topological polar surface area (TPSA) is 82.3 Å². The van der Waals surface area contributed by atoms with Crippen LogP contribution in [0.25, 0.3) is 0 Å². The SMILES string of the molecule is CSc1ccc(C(=O)c2c(C)cc(CC(=O)OCCNC(C)=O)n2C)n1C. The Morgan fingerprint density at radius 3 is 2.48 bits per heavy atom. The van der Waals surface area contributed by atoms with Crippen LogP contribution in [0.3, 0.4) is 0 Å². The Hall–Kier alpha value is -2.48. The first kappa shape index (κ1) is 20.8. The lowest BCUT2D eigenvalue weighted by Crippen LogP contribution is -2.26. The number of esters is 1. The van der Waals surface area contributed by atoms with Crippen molar-refractivity contribution in [3.05, 3.63) is 40.8 Å². The van der Waals surface area contributed by atoms with Gasteiger partial charge in [-0.3, -0.25) is 14.4 Å². The molecule has 0 aliphatic carbocycles. The van der Waals surface area contributed by atoms with Crippen molar-refractivity contribution >= 4 is 29.4 Å². The van der Waals surface area contributed by atoms with E-state index in [2.05, 4.69) is 5.32 Å². The number of nitrogens with one attached hydrogen (secondary N) is 1. The molecule has 2 aromatic heterocycles. The van der Waals surface area contributed by atoms with E-state index in [4.69, 9.17) is 4.74 Å². The molecule has 0 unspecified atom stereocenters. The van der Waals surface area contributed by atoms with Crippen molar-refractivity contribution in [2.24, 2.45) is 14.1 Å². The lowest BCUT2D eigenvalue weighted by atomic mass is 10.1. The van der Waals surface area contributed by atoms with Gasteiger partial charge in [0.1, 0.15) is 6.61 Å². The van der Waals surface area contributed by atoms with Gasteiger partial charge in [-0.2, -0.15) is 0 Å². The van der Waals surface area contributed by atoms with Crippen LogP contribution in [0.1, 0.15) is 34.4 Å². The summed E-state index contributed by atoms with van der Waals surface area (Å²) >= 11 is 1.58. The summed E-state index contributed by atoms with van der Waals surface area (Å²) in [6.45, 7) is 3.66. The molecule has 0 saturated carbocycles. The summed E-state index contributed by atoms with van der Waals surface area (Å²) in [5, 5.41) is 3.57. The Balaban J connectivity index is 2.11. The van der Waals surface area contributed by atoms with Gasteiger partial charge < -0.3 is 19.2 Å². The van der Waals surface area contributed by atoms with Gasteiger partial charge in [-0.1, -0.05) is 0 Å². The zero-order valence-electron chi connectivity index (χ0n) is 16.3. The van der Waals surface area contributed by atoms with Crippen molar-refractivity contribution in [2.45, 2.75) is 25.3 Å². The van der Waals surface area contributed by atoms with E-state index in [9.17, 15) is 14.4 Å². The molecule has 0 radical (unpaired) electrons. The van der Waals surface area contributed by atoms with Crippen molar-refractivity contribution in [3.8, 4) is 0 Å². The number of aryl methyl sites for hydroxylation is 1. The van der Waals surface area contributed by atoms with E-state index in [0.29, 0.717) is 17.1 Å². The Labute approximate surface area is 163 Å². The Morgan fingerprint density at radius 1 is 1.19 bits per heavy atom. The van der Waals surface area contributed by atoms with Crippen LogP contribution in [-0.2, 0) is 34.8 Å². The summed E-state index contributed by atoms with van der Waals surface area (Å²) in [7, 11) is 3.64. The number of hydrogen-bond donors (Lipinski definition) is 1. The van der Waals surface area contributed by atoms with Gasteiger partial charge in [0.05, 0.1) is 29.4 Å². The fraction of sp³-hybridized carbons (Fsp3) is 0.421. The van der Waals surface area contributed by atoms with Gasteiger partial charge in [0, 0.05) is 26.7 Å². The molecular formula is C19H25N3O4S. The molecule has 8 heteroatoms. The van der Waals surface area contributed by atoms with Gasteiger partial charge in [0.25, 0.3) is 0 Å². The normalized spacial score (nSPS) is 10.7. The van der Waals surface area contributed by atoms with Crippen LogP contribution in [0.15, 0.2) is 23.2 Å². The number of thioether (sulfide) groups is 1. The summed E-state index contributed by atoms with van der Waals surface area (Å²) in [4.78, 5) is 35.8. The second kappa shape index (κ2) is 8.94. The first-order valence-corrected chi connectivity index (χ1v) is 9.78. The van der Waals surface area contributed by atoms with Gasteiger partial charge in [-0.15, -0.1) is 11.8 Å². The summed E-state index contributed by atoms with van der Waals surface area (Å²) in [5.41, 5.74) is 2.69. The molecule has 146 valence electrons. The molecule has 0 aliphatic heterocycles. The molecule has 7 nitrogen and oxygen atoms in total. The van der Waals surface area contributed by atoms with Crippen molar-refractivity contribution in [1.29, 1.82) is 0 Å². The zero-order valence-corrected chi connectivity index (χ0v) is 17.1. The number of rotatable bonds is 8. The Bertz CT molecular complexity index is 867. The first-order valence-electron chi connectivity index (χ1n) is 8.56. The highest BCUT2D eigenvalue weighted by Crippen LogP contribution is 2.23. The minimum atomic E-state index is -0.400. The maximum Gasteiger partial charge on any atom is 0.311 e. The van der Waals surface area contributed by atoms with Gasteiger partial charge in [-0.25, -0.2) is 0 Å². The van der Waals surface area contributed by atoms with Crippen molar-refractivity contribution in [3.63, 3.8) is 0 Å². The molecular weight excluding hydrogens is 366 g/mol. The lowest BCUT2D eigenvalue weighted by molar-refractivity contribution is -0.143. The predicted molar refractivity (Wildman–Crippen MR) is 104 cm³/mol. The monoisotopic (exact) mass is 391 g/mol. The Kier molecular flexibility index (Phi) is 6.90. The quantitative estimate of drug-likeness (QED) is 0.321. The van der Waals surface area contributed by atoms with E-state index in [1.807, 2.05) is 43.0 Å². The highest BCUT2D eigenvalue weighted by Gasteiger charge is 2.22. The van der Waals surface area contributed by atoms with Gasteiger partial charge in [0.2, 0.25) is 11.7 Å². The molecule has 1 amide bonds. The molecule has 1 N–H and O–H groups in total. The number of ether oxygens (including phenoxy) is 1. The predicted octanol–water partition coefficient (Wildman–Crippen LogP) is 1.85. The third-order valence-electron chi connectivity index (χ3n) is 4.32. The number of aromatic nitrogens is 2. The molecule has 2 aromatic rings. The molecule has 27 heavy (non-hydrogen) atoms. The summed E-state index contributed by atoms with van der Waals surface area (Å²) in [6.07, 6.45) is 2.03. The summed E-state index contributed by atoms with van der Waals surface area (Å²) < 4.78 is 8.74. The van der Waals surface area contributed by atoms with Crippen LogP contribution in [0.4, 0.5) is 0 Å². The van der Waals surface area contributed by atoms with Crippen molar-refractivity contribution < 1.29 is 19.1 Å². The summed E-state index contributed by atoms with van der Waals surface area (Å²) in [5.74, 6) is -0.649. The maximum atomic E-state index is 13.0. The second-order valence-electron chi connectivity index (χ2n) is 6.26. The van der Waals surface area contributed by atoms with Gasteiger partial charge >= 0.3 is 5.97 Å². The largest absolute Gasteiger partial charge is 0.464 e. The second-order valence-corrected chi connectivity index (χ2v) is 7.08. The lowest BCUT2D eigenvalue weighted by Gasteiger charge is -2.10. The van der Waals surface area contributed by atoms with E-state index in [1.165, 1.54) is 6.92 Å². The minimum Gasteiger partial charge on any atom is -0.464 e. The Morgan fingerprint density at radius 2 is 1.89 bits per heavy atom. The van der Waals surface area contributed by atoms with Gasteiger partial charge in [-0.05, 0) is 36.9 Å². The third-order valence-corrected chi connectivity index (χ3v) is 5.15. The average molecular weight is 391 g/mol. The number of nitrogens with zero attached hydrogens (tertiary/aromatic N) is 2. The molecule has 2 rings (SSSR count). The van der Waals surface area contributed by atoms with E-state index in [-0.39, 0.29) is 31.3 Å². The van der Waals surface area contributed by atoms with Crippen LogP contribution in [0, 0.1) is 6.92 Å². The number of hydrogen-bond acceptors (Lipinski definition) is 5. The van der Waals surface area contributed by atoms with Crippen LogP contribution >= 0.6 is 11.8 Å².